The topological polar surface area (TPSA) is 46.3 Å². The maximum atomic E-state index is 13.5. The minimum absolute atomic E-state index is 0.0699. The van der Waals surface area contributed by atoms with Crippen molar-refractivity contribution in [2.75, 3.05) is 13.1 Å². The summed E-state index contributed by atoms with van der Waals surface area (Å²) in [4.78, 5) is 13.2. The number of amides is 1. The standard InChI is InChI=1S/C12H13F3N2O/c1-6-4-17(5-10(6)16)12(18)11-8(14)2-7(13)3-9(11)15/h2-3,6,10H,4-5,16H2,1H3. The van der Waals surface area contributed by atoms with Crippen LogP contribution in [0.4, 0.5) is 13.2 Å². The van der Waals surface area contributed by atoms with E-state index in [1.807, 2.05) is 6.92 Å². The number of hydrogen-bond acceptors (Lipinski definition) is 2. The van der Waals surface area contributed by atoms with E-state index in [0.717, 1.165) is 0 Å². The van der Waals surface area contributed by atoms with E-state index in [1.54, 1.807) is 0 Å². The number of nitrogens with two attached hydrogens (primary N) is 1. The number of benzene rings is 1. The smallest absolute Gasteiger partial charge is 0.259 e. The normalized spacial score (nSPS) is 23.5. The van der Waals surface area contributed by atoms with Gasteiger partial charge in [0.25, 0.3) is 5.91 Å². The summed E-state index contributed by atoms with van der Waals surface area (Å²) in [7, 11) is 0. The second kappa shape index (κ2) is 4.61. The summed E-state index contributed by atoms with van der Waals surface area (Å²) in [5.41, 5.74) is 5.02. The van der Waals surface area contributed by atoms with Gasteiger partial charge in [-0.15, -0.1) is 0 Å². The summed E-state index contributed by atoms with van der Waals surface area (Å²) in [6.45, 7) is 2.45. The molecule has 1 aliphatic heterocycles. The fraction of sp³-hybridized carbons (Fsp3) is 0.417. The van der Waals surface area contributed by atoms with E-state index in [0.29, 0.717) is 18.7 Å². The first-order valence-corrected chi connectivity index (χ1v) is 5.59. The molecule has 0 spiro atoms. The van der Waals surface area contributed by atoms with E-state index in [4.69, 9.17) is 5.73 Å². The van der Waals surface area contributed by atoms with Gasteiger partial charge in [-0.2, -0.15) is 0 Å². The molecular weight excluding hydrogens is 245 g/mol. The van der Waals surface area contributed by atoms with Crippen molar-refractivity contribution in [3.63, 3.8) is 0 Å². The minimum atomic E-state index is -1.19. The molecule has 2 N–H and O–H groups in total. The van der Waals surface area contributed by atoms with Gasteiger partial charge < -0.3 is 10.6 Å². The van der Waals surface area contributed by atoms with E-state index < -0.39 is 28.9 Å². The zero-order valence-corrected chi connectivity index (χ0v) is 9.79. The molecule has 0 radical (unpaired) electrons. The second-order valence-corrected chi connectivity index (χ2v) is 4.60. The Morgan fingerprint density at radius 3 is 2.28 bits per heavy atom. The second-order valence-electron chi connectivity index (χ2n) is 4.60. The van der Waals surface area contributed by atoms with E-state index >= 15 is 0 Å². The number of carbonyl (C=O) groups excluding carboxylic acids is 1. The third-order valence-corrected chi connectivity index (χ3v) is 3.18. The predicted molar refractivity (Wildman–Crippen MR) is 59.4 cm³/mol. The van der Waals surface area contributed by atoms with Crippen LogP contribution in [0, 0.1) is 23.4 Å². The van der Waals surface area contributed by atoms with Gasteiger partial charge >= 0.3 is 0 Å². The van der Waals surface area contributed by atoms with Crippen molar-refractivity contribution in [1.29, 1.82) is 0 Å². The van der Waals surface area contributed by atoms with Gasteiger partial charge in [0.15, 0.2) is 0 Å². The number of halogens is 3. The van der Waals surface area contributed by atoms with Gasteiger partial charge in [0.2, 0.25) is 0 Å². The van der Waals surface area contributed by atoms with Gasteiger partial charge in [0.05, 0.1) is 0 Å². The average molecular weight is 258 g/mol. The van der Waals surface area contributed by atoms with Gasteiger partial charge in [-0.3, -0.25) is 4.79 Å². The van der Waals surface area contributed by atoms with E-state index in [9.17, 15) is 18.0 Å². The monoisotopic (exact) mass is 258 g/mol. The fourth-order valence-corrected chi connectivity index (χ4v) is 2.06. The van der Waals surface area contributed by atoms with Crippen LogP contribution < -0.4 is 5.73 Å². The molecule has 1 saturated heterocycles. The molecule has 1 heterocycles. The van der Waals surface area contributed by atoms with Crippen molar-refractivity contribution in [2.24, 2.45) is 11.7 Å². The summed E-state index contributed by atoms with van der Waals surface area (Å²) in [6.07, 6.45) is 0. The predicted octanol–water partition coefficient (Wildman–Crippen LogP) is 1.52. The first-order valence-electron chi connectivity index (χ1n) is 5.59. The lowest BCUT2D eigenvalue weighted by atomic mass is 10.1. The van der Waals surface area contributed by atoms with Crippen LogP contribution in [0.5, 0.6) is 0 Å². The van der Waals surface area contributed by atoms with Crippen LogP contribution in [0.1, 0.15) is 17.3 Å². The lowest BCUT2D eigenvalue weighted by Crippen LogP contribution is -2.33. The molecule has 1 fully saturated rings. The molecule has 3 nitrogen and oxygen atoms in total. The Kier molecular flexibility index (Phi) is 3.30. The Morgan fingerprint density at radius 1 is 1.28 bits per heavy atom. The van der Waals surface area contributed by atoms with Crippen molar-refractivity contribution < 1.29 is 18.0 Å². The number of likely N-dealkylation sites (tertiary alicyclic amines) is 1. The third-order valence-electron chi connectivity index (χ3n) is 3.18. The van der Waals surface area contributed by atoms with Crippen molar-refractivity contribution in [3.8, 4) is 0 Å². The van der Waals surface area contributed by atoms with Crippen LogP contribution in [0.2, 0.25) is 0 Å². The van der Waals surface area contributed by atoms with Crippen LogP contribution >= 0.6 is 0 Å². The molecule has 1 aromatic carbocycles. The Bertz CT molecular complexity index is 459. The molecule has 2 rings (SSSR count). The Labute approximate surface area is 102 Å². The van der Waals surface area contributed by atoms with Crippen LogP contribution in [-0.2, 0) is 0 Å². The fourth-order valence-electron chi connectivity index (χ4n) is 2.06. The van der Waals surface area contributed by atoms with Crippen LogP contribution in [0.3, 0.4) is 0 Å². The van der Waals surface area contributed by atoms with Gasteiger partial charge in [0, 0.05) is 31.3 Å². The molecule has 1 aliphatic rings. The lowest BCUT2D eigenvalue weighted by Gasteiger charge is -2.16. The van der Waals surface area contributed by atoms with E-state index in [2.05, 4.69) is 0 Å². The maximum absolute atomic E-state index is 13.5. The molecule has 6 heteroatoms. The first kappa shape index (κ1) is 12.9. The molecular formula is C12H13F3N2O. The van der Waals surface area contributed by atoms with Crippen molar-refractivity contribution in [3.05, 3.63) is 35.1 Å². The summed E-state index contributed by atoms with van der Waals surface area (Å²) in [5.74, 6) is -4.14. The highest BCUT2D eigenvalue weighted by molar-refractivity contribution is 5.95. The summed E-state index contributed by atoms with van der Waals surface area (Å²) in [6, 6.07) is 0.784. The molecule has 0 saturated carbocycles. The average Bonchev–Trinajstić information content (AvgIpc) is 2.57. The van der Waals surface area contributed by atoms with E-state index in [1.165, 1.54) is 4.90 Å². The lowest BCUT2D eigenvalue weighted by molar-refractivity contribution is 0.0777. The van der Waals surface area contributed by atoms with Crippen molar-refractivity contribution in [2.45, 2.75) is 13.0 Å². The Hall–Kier alpha value is -1.56. The first-order chi connectivity index (χ1) is 8.40. The maximum Gasteiger partial charge on any atom is 0.259 e. The molecule has 98 valence electrons. The quantitative estimate of drug-likeness (QED) is 0.830. The number of carbonyl (C=O) groups is 1. The molecule has 2 unspecified atom stereocenters. The van der Waals surface area contributed by atoms with Crippen LogP contribution in [0.25, 0.3) is 0 Å². The molecule has 1 aromatic rings. The van der Waals surface area contributed by atoms with Gasteiger partial charge in [0.1, 0.15) is 23.0 Å². The zero-order valence-electron chi connectivity index (χ0n) is 9.79. The van der Waals surface area contributed by atoms with Crippen LogP contribution in [0.15, 0.2) is 12.1 Å². The van der Waals surface area contributed by atoms with Crippen molar-refractivity contribution >= 4 is 5.91 Å². The Morgan fingerprint density at radius 2 is 1.83 bits per heavy atom. The highest BCUT2D eigenvalue weighted by atomic mass is 19.1. The molecule has 0 aromatic heterocycles. The third kappa shape index (κ3) is 2.20. The van der Waals surface area contributed by atoms with Gasteiger partial charge in [-0.1, -0.05) is 6.92 Å². The summed E-state index contributed by atoms with van der Waals surface area (Å²) >= 11 is 0. The largest absolute Gasteiger partial charge is 0.337 e. The van der Waals surface area contributed by atoms with E-state index in [-0.39, 0.29) is 18.5 Å². The molecule has 0 aliphatic carbocycles. The summed E-state index contributed by atoms with van der Waals surface area (Å²) in [5, 5.41) is 0. The van der Waals surface area contributed by atoms with Crippen molar-refractivity contribution in [1.82, 2.24) is 4.90 Å². The highest BCUT2D eigenvalue weighted by Gasteiger charge is 2.33. The molecule has 0 bridgehead atoms. The SMILES string of the molecule is CC1CN(C(=O)c2c(F)cc(F)cc2F)CC1N. The van der Waals surface area contributed by atoms with Crippen LogP contribution in [-0.4, -0.2) is 29.9 Å². The minimum Gasteiger partial charge on any atom is -0.337 e. The van der Waals surface area contributed by atoms with Gasteiger partial charge in [-0.25, -0.2) is 13.2 Å². The summed E-state index contributed by atoms with van der Waals surface area (Å²) < 4.78 is 39.6. The molecule has 1 amide bonds. The van der Waals surface area contributed by atoms with Gasteiger partial charge in [-0.05, 0) is 5.92 Å². The number of hydrogen-bond donors (Lipinski definition) is 1. The Balaban J connectivity index is 2.30. The zero-order chi connectivity index (χ0) is 13.4. The molecule has 18 heavy (non-hydrogen) atoms. The highest BCUT2D eigenvalue weighted by Crippen LogP contribution is 2.21. The molecule has 2 atom stereocenters. The number of rotatable bonds is 1. The number of nitrogens with zero attached hydrogens (tertiary/aromatic N) is 1.